The molecular weight excluding hydrogens is 274 g/mol. The van der Waals surface area contributed by atoms with Gasteiger partial charge in [-0.15, -0.1) is 0 Å². The van der Waals surface area contributed by atoms with Gasteiger partial charge >= 0.3 is 0 Å². The molecule has 2 heterocycles. The topological polar surface area (TPSA) is 71.8 Å². The number of aliphatic hydroxyl groups is 2. The van der Waals surface area contributed by atoms with E-state index in [0.717, 1.165) is 10.9 Å². The summed E-state index contributed by atoms with van der Waals surface area (Å²) in [6.45, 7) is 8.56. The monoisotopic (exact) mass is 297 g/mol. The smallest absolute Gasteiger partial charge is 0.218 e. The molecule has 20 heavy (non-hydrogen) atoms. The largest absolute Gasteiger partial charge is 0.481 e. The molecule has 0 amide bonds. The van der Waals surface area contributed by atoms with Gasteiger partial charge in [0.1, 0.15) is 13.7 Å². The number of pyridine rings is 1. The van der Waals surface area contributed by atoms with Crippen LogP contribution in [-0.4, -0.2) is 36.7 Å². The van der Waals surface area contributed by atoms with E-state index in [4.69, 9.17) is 9.47 Å². The first kappa shape index (κ1) is 15.4. The Morgan fingerprint density at radius 1 is 1.50 bits per heavy atom. The number of nitrogens with zero attached hydrogens (tertiary/aromatic N) is 1. The molecule has 0 aliphatic carbocycles. The van der Waals surface area contributed by atoms with E-state index in [9.17, 15) is 10.2 Å². The van der Waals surface area contributed by atoms with E-state index >= 15 is 0 Å². The zero-order valence-electron chi connectivity index (χ0n) is 12.7. The standard InChI is InChI=1S/C14H23NO4Si/c1-6-14(17)10-7-11(20(3,4)5)15-12(18-2)9(10)8-19-13(14)16/h7,13,16-17H,6,8H2,1-5H3/t13-,14?/m0/s1. The summed E-state index contributed by atoms with van der Waals surface area (Å²) in [5.41, 5.74) is 0.00486. The van der Waals surface area contributed by atoms with Crippen LogP contribution in [0.15, 0.2) is 6.07 Å². The minimum absolute atomic E-state index is 0.195. The molecule has 0 saturated heterocycles. The van der Waals surface area contributed by atoms with Gasteiger partial charge in [0.15, 0.2) is 6.29 Å². The Balaban J connectivity index is 2.69. The summed E-state index contributed by atoms with van der Waals surface area (Å²) in [6.07, 6.45) is -0.860. The van der Waals surface area contributed by atoms with Crippen LogP contribution in [0.5, 0.6) is 5.88 Å². The zero-order valence-corrected chi connectivity index (χ0v) is 13.7. The van der Waals surface area contributed by atoms with Crippen LogP contribution in [0.3, 0.4) is 0 Å². The second-order valence-electron chi connectivity index (χ2n) is 6.23. The lowest BCUT2D eigenvalue weighted by atomic mass is 9.86. The molecule has 1 aromatic rings. The molecule has 1 aliphatic rings. The maximum atomic E-state index is 10.8. The summed E-state index contributed by atoms with van der Waals surface area (Å²) >= 11 is 0. The van der Waals surface area contributed by atoms with Gasteiger partial charge in [-0.25, -0.2) is 4.98 Å². The number of ether oxygens (including phenoxy) is 2. The van der Waals surface area contributed by atoms with Crippen LogP contribution in [0.2, 0.25) is 19.6 Å². The third kappa shape index (κ3) is 2.37. The Morgan fingerprint density at radius 3 is 2.65 bits per heavy atom. The van der Waals surface area contributed by atoms with E-state index in [-0.39, 0.29) is 6.61 Å². The second kappa shape index (κ2) is 5.11. The van der Waals surface area contributed by atoms with Gasteiger partial charge in [-0.2, -0.15) is 0 Å². The lowest BCUT2D eigenvalue weighted by molar-refractivity contribution is -0.236. The highest BCUT2D eigenvalue weighted by molar-refractivity contribution is 6.88. The fraction of sp³-hybridized carbons (Fsp3) is 0.643. The van der Waals surface area contributed by atoms with Crippen molar-refractivity contribution in [1.82, 2.24) is 4.98 Å². The normalized spacial score (nSPS) is 26.2. The summed E-state index contributed by atoms with van der Waals surface area (Å²) < 4.78 is 10.6. The van der Waals surface area contributed by atoms with E-state index in [2.05, 4.69) is 24.6 Å². The molecule has 0 radical (unpaired) electrons. The highest BCUT2D eigenvalue weighted by atomic mass is 28.3. The molecule has 1 aromatic heterocycles. The van der Waals surface area contributed by atoms with E-state index in [0.29, 0.717) is 17.9 Å². The molecule has 0 spiro atoms. The third-order valence-electron chi connectivity index (χ3n) is 3.85. The predicted molar refractivity (Wildman–Crippen MR) is 78.8 cm³/mol. The lowest BCUT2D eigenvalue weighted by Crippen LogP contribution is -2.48. The molecule has 0 aromatic carbocycles. The summed E-state index contributed by atoms with van der Waals surface area (Å²) in [5, 5.41) is 21.7. The van der Waals surface area contributed by atoms with Gasteiger partial charge in [-0.3, -0.25) is 0 Å². The van der Waals surface area contributed by atoms with Crippen molar-refractivity contribution in [3.05, 3.63) is 17.2 Å². The number of hydrogen-bond donors (Lipinski definition) is 2. The number of aliphatic hydroxyl groups excluding tert-OH is 1. The van der Waals surface area contributed by atoms with Crippen molar-refractivity contribution in [2.24, 2.45) is 0 Å². The first-order chi connectivity index (χ1) is 9.24. The molecule has 2 atom stereocenters. The van der Waals surface area contributed by atoms with Crippen molar-refractivity contribution >= 4 is 13.4 Å². The van der Waals surface area contributed by atoms with Gasteiger partial charge in [0.25, 0.3) is 0 Å². The summed E-state index contributed by atoms with van der Waals surface area (Å²) in [4.78, 5) is 4.57. The van der Waals surface area contributed by atoms with Crippen molar-refractivity contribution < 1.29 is 19.7 Å². The van der Waals surface area contributed by atoms with E-state index in [1.54, 1.807) is 7.11 Å². The maximum Gasteiger partial charge on any atom is 0.218 e. The average molecular weight is 297 g/mol. The van der Waals surface area contributed by atoms with E-state index < -0.39 is 20.0 Å². The Morgan fingerprint density at radius 2 is 2.15 bits per heavy atom. The lowest BCUT2D eigenvalue weighted by Gasteiger charge is -2.38. The molecular formula is C14H23NO4Si. The summed E-state index contributed by atoms with van der Waals surface area (Å²) in [6, 6.07) is 1.92. The first-order valence-corrected chi connectivity index (χ1v) is 10.3. The fourth-order valence-electron chi connectivity index (χ4n) is 2.43. The summed E-state index contributed by atoms with van der Waals surface area (Å²) in [7, 11) is -0.100. The van der Waals surface area contributed by atoms with Crippen LogP contribution in [0, 0.1) is 0 Å². The molecule has 6 heteroatoms. The van der Waals surface area contributed by atoms with Crippen LogP contribution in [-0.2, 0) is 16.9 Å². The van der Waals surface area contributed by atoms with Gasteiger partial charge in [-0.1, -0.05) is 26.6 Å². The van der Waals surface area contributed by atoms with Crippen molar-refractivity contribution in [2.75, 3.05) is 7.11 Å². The number of fused-ring (bicyclic) bond motifs is 1. The van der Waals surface area contributed by atoms with Crippen molar-refractivity contribution in [1.29, 1.82) is 0 Å². The van der Waals surface area contributed by atoms with Crippen LogP contribution in [0.25, 0.3) is 0 Å². The highest BCUT2D eigenvalue weighted by Gasteiger charge is 2.44. The number of hydrogen-bond acceptors (Lipinski definition) is 5. The van der Waals surface area contributed by atoms with Crippen LogP contribution < -0.4 is 10.1 Å². The van der Waals surface area contributed by atoms with Crippen LogP contribution in [0.4, 0.5) is 0 Å². The predicted octanol–water partition coefficient (Wildman–Crippen LogP) is 1.08. The quantitative estimate of drug-likeness (QED) is 0.817. The molecule has 0 saturated carbocycles. The third-order valence-corrected chi connectivity index (χ3v) is 5.64. The minimum Gasteiger partial charge on any atom is -0.481 e. The number of rotatable bonds is 3. The fourth-order valence-corrected chi connectivity index (χ4v) is 3.44. The van der Waals surface area contributed by atoms with Gasteiger partial charge in [-0.05, 0) is 12.5 Å². The van der Waals surface area contributed by atoms with Gasteiger partial charge in [0.2, 0.25) is 5.88 Å². The zero-order chi connectivity index (χ0) is 15.1. The van der Waals surface area contributed by atoms with Gasteiger partial charge in [0.05, 0.1) is 13.7 Å². The molecule has 112 valence electrons. The number of methoxy groups -OCH3 is 1. The Labute approximate surface area is 120 Å². The molecule has 5 nitrogen and oxygen atoms in total. The van der Waals surface area contributed by atoms with Crippen molar-refractivity contribution in [3.63, 3.8) is 0 Å². The SMILES string of the molecule is CCC1(O)c2cc([Si](C)(C)C)nc(OC)c2CO[C@@H]1O. The Hall–Kier alpha value is -0.953. The Kier molecular flexibility index (Phi) is 3.94. The first-order valence-electron chi connectivity index (χ1n) is 6.85. The molecule has 2 N–H and O–H groups in total. The van der Waals surface area contributed by atoms with E-state index in [1.165, 1.54) is 0 Å². The average Bonchev–Trinajstić information content (AvgIpc) is 2.40. The molecule has 0 bridgehead atoms. The number of aromatic nitrogens is 1. The van der Waals surface area contributed by atoms with Gasteiger partial charge < -0.3 is 19.7 Å². The van der Waals surface area contributed by atoms with Crippen LogP contribution in [0.1, 0.15) is 24.5 Å². The molecule has 2 rings (SSSR count). The Bertz CT molecular complexity index is 515. The highest BCUT2D eigenvalue weighted by Crippen LogP contribution is 2.39. The molecule has 1 unspecified atom stereocenters. The van der Waals surface area contributed by atoms with Crippen molar-refractivity contribution in [3.8, 4) is 5.88 Å². The second-order valence-corrected chi connectivity index (χ2v) is 11.2. The maximum absolute atomic E-state index is 10.8. The van der Waals surface area contributed by atoms with Crippen LogP contribution >= 0.6 is 0 Å². The molecule has 0 fully saturated rings. The van der Waals surface area contributed by atoms with Crippen molar-refractivity contribution in [2.45, 2.75) is 51.5 Å². The van der Waals surface area contributed by atoms with E-state index in [1.807, 2.05) is 13.0 Å². The minimum atomic E-state index is -1.66. The summed E-state index contributed by atoms with van der Waals surface area (Å²) in [5.74, 6) is 0.485. The molecule has 1 aliphatic heterocycles. The van der Waals surface area contributed by atoms with Gasteiger partial charge in [0, 0.05) is 16.4 Å².